The summed E-state index contributed by atoms with van der Waals surface area (Å²) in [7, 11) is 0. The fourth-order valence-electron chi connectivity index (χ4n) is 2.89. The second-order valence-electron chi connectivity index (χ2n) is 6.66. The lowest BCUT2D eigenvalue weighted by Gasteiger charge is -2.44. The van der Waals surface area contributed by atoms with Crippen LogP contribution in [0.4, 0.5) is 4.79 Å². The van der Waals surface area contributed by atoms with Gasteiger partial charge in [-0.1, -0.05) is 0 Å². The summed E-state index contributed by atoms with van der Waals surface area (Å²) in [5, 5.41) is 9.52. The lowest BCUT2D eigenvalue weighted by atomic mass is 9.88. The summed E-state index contributed by atoms with van der Waals surface area (Å²) in [6.07, 6.45) is 4.68. The largest absolute Gasteiger partial charge is 0.480 e. The molecule has 20 heavy (non-hydrogen) atoms. The van der Waals surface area contributed by atoms with Crippen LogP contribution in [0, 0.1) is 5.92 Å². The average Bonchev–Trinajstić information content (AvgIpc) is 3.19. The molecule has 2 rings (SSSR count). The SMILES string of the molecule is CC(C)N(CC1CC1)C(=O)N1CCCCC1(C)C(=O)O. The van der Waals surface area contributed by atoms with Crippen molar-refractivity contribution in [2.45, 2.75) is 64.5 Å². The van der Waals surface area contributed by atoms with Crippen molar-refractivity contribution < 1.29 is 14.7 Å². The van der Waals surface area contributed by atoms with Gasteiger partial charge in [0.25, 0.3) is 0 Å². The molecule has 1 heterocycles. The van der Waals surface area contributed by atoms with Crippen LogP contribution in [0.15, 0.2) is 0 Å². The number of hydrogen-bond acceptors (Lipinski definition) is 2. The molecule has 0 bridgehead atoms. The van der Waals surface area contributed by atoms with Crippen molar-refractivity contribution in [2.24, 2.45) is 5.92 Å². The van der Waals surface area contributed by atoms with Crippen LogP contribution >= 0.6 is 0 Å². The van der Waals surface area contributed by atoms with Gasteiger partial charge in [0.2, 0.25) is 0 Å². The lowest BCUT2D eigenvalue weighted by molar-refractivity contribution is -0.151. The number of carboxylic acids is 1. The maximum absolute atomic E-state index is 12.8. The topological polar surface area (TPSA) is 60.9 Å². The Morgan fingerprint density at radius 2 is 2.00 bits per heavy atom. The molecule has 1 saturated carbocycles. The standard InChI is InChI=1S/C15H26N2O3/c1-11(2)16(10-12-6-7-12)14(20)17-9-5-4-8-15(17,3)13(18)19/h11-12H,4-10H2,1-3H3,(H,18,19). The van der Waals surface area contributed by atoms with E-state index in [1.807, 2.05) is 18.7 Å². The first kappa shape index (κ1) is 15.1. The minimum Gasteiger partial charge on any atom is -0.480 e. The number of urea groups is 1. The number of hydrogen-bond donors (Lipinski definition) is 1. The van der Waals surface area contributed by atoms with Gasteiger partial charge in [-0.15, -0.1) is 0 Å². The van der Waals surface area contributed by atoms with Crippen molar-refractivity contribution in [2.75, 3.05) is 13.1 Å². The summed E-state index contributed by atoms with van der Waals surface area (Å²) in [5.41, 5.74) is -1.05. The van der Waals surface area contributed by atoms with Crippen molar-refractivity contribution in [3.05, 3.63) is 0 Å². The number of amides is 2. The Balaban J connectivity index is 2.16. The van der Waals surface area contributed by atoms with E-state index in [0.29, 0.717) is 18.9 Å². The quantitative estimate of drug-likeness (QED) is 0.862. The van der Waals surface area contributed by atoms with Crippen LogP contribution in [-0.2, 0) is 4.79 Å². The van der Waals surface area contributed by atoms with Gasteiger partial charge in [-0.25, -0.2) is 9.59 Å². The summed E-state index contributed by atoms with van der Waals surface area (Å²) < 4.78 is 0. The van der Waals surface area contributed by atoms with Crippen LogP contribution in [0.2, 0.25) is 0 Å². The molecule has 1 N–H and O–H groups in total. The van der Waals surface area contributed by atoms with Gasteiger partial charge >= 0.3 is 12.0 Å². The molecule has 114 valence electrons. The minimum absolute atomic E-state index is 0.100. The predicted octanol–water partition coefficient (Wildman–Crippen LogP) is 2.56. The molecular weight excluding hydrogens is 256 g/mol. The Kier molecular flexibility index (Phi) is 4.25. The van der Waals surface area contributed by atoms with E-state index < -0.39 is 11.5 Å². The number of likely N-dealkylation sites (tertiary alicyclic amines) is 1. The van der Waals surface area contributed by atoms with Crippen molar-refractivity contribution >= 4 is 12.0 Å². The van der Waals surface area contributed by atoms with Gasteiger partial charge < -0.3 is 14.9 Å². The van der Waals surface area contributed by atoms with Crippen LogP contribution in [0.25, 0.3) is 0 Å². The maximum Gasteiger partial charge on any atom is 0.329 e. The molecule has 5 heteroatoms. The highest BCUT2D eigenvalue weighted by molar-refractivity contribution is 5.86. The molecule has 0 spiro atoms. The zero-order valence-corrected chi connectivity index (χ0v) is 12.8. The highest BCUT2D eigenvalue weighted by Crippen LogP contribution is 2.33. The molecule has 2 aliphatic rings. The second kappa shape index (κ2) is 5.62. The molecule has 1 atom stereocenters. The van der Waals surface area contributed by atoms with E-state index in [2.05, 4.69) is 0 Å². The number of piperidine rings is 1. The first-order chi connectivity index (χ1) is 9.36. The first-order valence-electron chi connectivity index (χ1n) is 7.68. The Morgan fingerprint density at radius 1 is 1.35 bits per heavy atom. The molecule has 0 aromatic carbocycles. The van der Waals surface area contributed by atoms with E-state index >= 15 is 0 Å². The van der Waals surface area contributed by atoms with Gasteiger partial charge in [0.05, 0.1) is 0 Å². The fraction of sp³-hybridized carbons (Fsp3) is 0.867. The number of carbonyl (C=O) groups excluding carboxylic acids is 1. The van der Waals surface area contributed by atoms with Crippen LogP contribution in [-0.4, -0.2) is 51.6 Å². The average molecular weight is 282 g/mol. The van der Waals surface area contributed by atoms with Crippen molar-refractivity contribution in [1.29, 1.82) is 0 Å². The Labute approximate surface area is 120 Å². The molecule has 0 aromatic rings. The normalized spacial score (nSPS) is 26.7. The highest BCUT2D eigenvalue weighted by atomic mass is 16.4. The first-order valence-corrected chi connectivity index (χ1v) is 7.68. The number of carbonyl (C=O) groups is 2. The van der Waals surface area contributed by atoms with E-state index in [9.17, 15) is 14.7 Å². The van der Waals surface area contributed by atoms with Crippen LogP contribution in [0.5, 0.6) is 0 Å². The van der Waals surface area contributed by atoms with Gasteiger partial charge in [-0.3, -0.25) is 0 Å². The lowest BCUT2D eigenvalue weighted by Crippen LogP contribution is -2.61. The van der Waals surface area contributed by atoms with E-state index in [4.69, 9.17) is 0 Å². The molecule has 1 saturated heterocycles. The predicted molar refractivity (Wildman–Crippen MR) is 76.6 cm³/mol. The Morgan fingerprint density at radius 3 is 2.50 bits per heavy atom. The summed E-state index contributed by atoms with van der Waals surface area (Å²) in [4.78, 5) is 27.9. The van der Waals surface area contributed by atoms with Crippen molar-refractivity contribution in [1.82, 2.24) is 9.80 Å². The third kappa shape index (κ3) is 2.91. The number of aliphatic carboxylic acids is 1. The minimum atomic E-state index is -1.05. The zero-order valence-electron chi connectivity index (χ0n) is 12.8. The zero-order chi connectivity index (χ0) is 14.9. The van der Waals surface area contributed by atoms with E-state index in [-0.39, 0.29) is 12.1 Å². The van der Waals surface area contributed by atoms with E-state index in [1.54, 1.807) is 11.8 Å². The van der Waals surface area contributed by atoms with Crippen LogP contribution in [0.1, 0.15) is 52.9 Å². The Bertz CT molecular complexity index is 393. The molecule has 1 unspecified atom stereocenters. The van der Waals surface area contributed by atoms with Gasteiger partial charge in [0.15, 0.2) is 0 Å². The molecule has 2 amide bonds. The van der Waals surface area contributed by atoms with Gasteiger partial charge in [0.1, 0.15) is 5.54 Å². The Hall–Kier alpha value is -1.26. The fourth-order valence-corrected chi connectivity index (χ4v) is 2.89. The van der Waals surface area contributed by atoms with Crippen molar-refractivity contribution in [3.63, 3.8) is 0 Å². The third-order valence-corrected chi connectivity index (χ3v) is 4.60. The summed E-state index contributed by atoms with van der Waals surface area (Å²) >= 11 is 0. The number of rotatable bonds is 4. The number of nitrogens with zero attached hydrogens (tertiary/aromatic N) is 2. The molecule has 0 radical (unpaired) electrons. The molecule has 1 aliphatic carbocycles. The highest BCUT2D eigenvalue weighted by Gasteiger charge is 2.46. The van der Waals surface area contributed by atoms with Crippen molar-refractivity contribution in [3.8, 4) is 0 Å². The van der Waals surface area contributed by atoms with Crippen LogP contribution in [0.3, 0.4) is 0 Å². The summed E-state index contributed by atoms with van der Waals surface area (Å²) in [6, 6.07) is 0.0135. The van der Waals surface area contributed by atoms with E-state index in [0.717, 1.165) is 19.4 Å². The van der Waals surface area contributed by atoms with Crippen LogP contribution < -0.4 is 0 Å². The van der Waals surface area contributed by atoms with Gasteiger partial charge in [-0.2, -0.15) is 0 Å². The smallest absolute Gasteiger partial charge is 0.329 e. The maximum atomic E-state index is 12.8. The van der Waals surface area contributed by atoms with E-state index in [1.165, 1.54) is 12.8 Å². The molecule has 2 fully saturated rings. The molecule has 0 aromatic heterocycles. The molecule has 5 nitrogen and oxygen atoms in total. The number of carboxylic acid groups (broad SMARTS) is 1. The second-order valence-corrected chi connectivity index (χ2v) is 6.66. The monoisotopic (exact) mass is 282 g/mol. The summed E-state index contributed by atoms with van der Waals surface area (Å²) in [6.45, 7) is 7.00. The molecular formula is C15H26N2O3. The molecule has 1 aliphatic heterocycles. The summed E-state index contributed by atoms with van der Waals surface area (Å²) in [5.74, 6) is -0.275. The van der Waals surface area contributed by atoms with Gasteiger partial charge in [0, 0.05) is 19.1 Å². The third-order valence-electron chi connectivity index (χ3n) is 4.60. The van der Waals surface area contributed by atoms with Gasteiger partial charge in [-0.05, 0) is 58.8 Å².